The van der Waals surface area contributed by atoms with Crippen molar-refractivity contribution in [3.8, 4) is 5.75 Å². The summed E-state index contributed by atoms with van der Waals surface area (Å²) < 4.78 is 7.17. The number of ether oxygens (including phenoxy) is 1. The monoisotopic (exact) mass is 261 g/mol. The molecule has 4 nitrogen and oxygen atoms in total. The fourth-order valence-corrected chi connectivity index (χ4v) is 2.48. The summed E-state index contributed by atoms with van der Waals surface area (Å²) in [6.45, 7) is 8.68. The lowest BCUT2D eigenvalue weighted by atomic mass is 10.1. The Morgan fingerprint density at radius 3 is 2.58 bits per heavy atom. The van der Waals surface area contributed by atoms with E-state index in [0.717, 1.165) is 28.7 Å². The van der Waals surface area contributed by atoms with Crippen LogP contribution < -0.4 is 0 Å². The molecule has 4 heteroatoms. The number of hydrogen-bond acceptors (Lipinski definition) is 3. The quantitative estimate of drug-likeness (QED) is 0.863. The number of carbonyl (C=O) groups excluding carboxylic acids is 1. The van der Waals surface area contributed by atoms with Gasteiger partial charge in [0.1, 0.15) is 5.75 Å². The number of fused-ring (bicyclic) bond motifs is 1. The number of aryl methyl sites for hydroxylation is 2. The summed E-state index contributed by atoms with van der Waals surface area (Å²) in [6, 6.07) is 3.56. The Kier molecular flexibility index (Phi) is 3.51. The van der Waals surface area contributed by atoms with Gasteiger partial charge in [0.15, 0.2) is 0 Å². The minimum atomic E-state index is -0.333. The lowest BCUT2D eigenvalue weighted by Gasteiger charge is -2.05. The van der Waals surface area contributed by atoms with Gasteiger partial charge in [-0.05, 0) is 45.4 Å². The molecule has 0 radical (unpaired) electrons. The van der Waals surface area contributed by atoms with Crippen molar-refractivity contribution in [3.05, 3.63) is 29.0 Å². The molecule has 0 saturated carbocycles. The van der Waals surface area contributed by atoms with Crippen LogP contribution in [0.25, 0.3) is 10.9 Å². The van der Waals surface area contributed by atoms with Crippen molar-refractivity contribution < 1.29 is 14.6 Å². The third-order valence-electron chi connectivity index (χ3n) is 3.44. The Morgan fingerprint density at radius 2 is 2.00 bits per heavy atom. The molecule has 0 fully saturated rings. The van der Waals surface area contributed by atoms with Crippen LogP contribution in [0, 0.1) is 13.8 Å². The summed E-state index contributed by atoms with van der Waals surface area (Å²) >= 11 is 0. The molecule has 19 heavy (non-hydrogen) atoms. The molecule has 2 aromatic rings. The van der Waals surface area contributed by atoms with Gasteiger partial charge in [-0.2, -0.15) is 0 Å². The van der Waals surface area contributed by atoms with E-state index < -0.39 is 0 Å². The number of rotatable bonds is 3. The third-order valence-corrected chi connectivity index (χ3v) is 3.44. The molecule has 0 amide bonds. The number of aromatic nitrogens is 1. The van der Waals surface area contributed by atoms with E-state index in [-0.39, 0.29) is 11.7 Å². The van der Waals surface area contributed by atoms with Gasteiger partial charge in [0.05, 0.1) is 12.2 Å². The van der Waals surface area contributed by atoms with Gasteiger partial charge in [0.25, 0.3) is 0 Å². The van der Waals surface area contributed by atoms with Gasteiger partial charge < -0.3 is 14.4 Å². The molecule has 102 valence electrons. The van der Waals surface area contributed by atoms with Gasteiger partial charge in [-0.15, -0.1) is 0 Å². The molecule has 1 aromatic heterocycles. The van der Waals surface area contributed by atoms with Crippen molar-refractivity contribution in [2.45, 2.75) is 34.2 Å². The van der Waals surface area contributed by atoms with E-state index >= 15 is 0 Å². The summed E-state index contributed by atoms with van der Waals surface area (Å²) in [5.74, 6) is -0.133. The maximum atomic E-state index is 12.1. The highest BCUT2D eigenvalue weighted by Crippen LogP contribution is 2.31. The zero-order valence-corrected chi connectivity index (χ0v) is 11.8. The normalized spacial score (nSPS) is 10.9. The van der Waals surface area contributed by atoms with E-state index in [1.807, 2.05) is 26.8 Å². The zero-order valence-electron chi connectivity index (χ0n) is 11.8. The minimum absolute atomic E-state index is 0.200. The molecular weight excluding hydrogens is 242 g/mol. The Bertz CT molecular complexity index is 641. The summed E-state index contributed by atoms with van der Waals surface area (Å²) in [5.41, 5.74) is 3.18. The van der Waals surface area contributed by atoms with E-state index in [9.17, 15) is 9.90 Å². The average Bonchev–Trinajstić information content (AvgIpc) is 2.61. The summed E-state index contributed by atoms with van der Waals surface area (Å²) in [4.78, 5) is 12.1. The fourth-order valence-electron chi connectivity index (χ4n) is 2.48. The molecular formula is C15H19NO3. The van der Waals surface area contributed by atoms with Crippen LogP contribution in [-0.4, -0.2) is 22.2 Å². The lowest BCUT2D eigenvalue weighted by molar-refractivity contribution is 0.0527. The zero-order chi connectivity index (χ0) is 14.2. The minimum Gasteiger partial charge on any atom is -0.508 e. The predicted octanol–water partition coefficient (Wildman–Crippen LogP) is 3.16. The third kappa shape index (κ3) is 2.07. The molecule has 0 atom stereocenters. The highest BCUT2D eigenvalue weighted by atomic mass is 16.5. The first kappa shape index (κ1) is 13.5. The Morgan fingerprint density at radius 1 is 1.32 bits per heavy atom. The molecule has 1 aromatic carbocycles. The highest BCUT2D eigenvalue weighted by Gasteiger charge is 2.21. The smallest absolute Gasteiger partial charge is 0.340 e. The van der Waals surface area contributed by atoms with Gasteiger partial charge in [0, 0.05) is 23.1 Å². The van der Waals surface area contributed by atoms with Crippen LogP contribution in [0.3, 0.4) is 0 Å². The van der Waals surface area contributed by atoms with Gasteiger partial charge in [-0.3, -0.25) is 0 Å². The maximum absolute atomic E-state index is 12.1. The number of phenolic OH excluding ortho intramolecular Hbond substituents is 1. The van der Waals surface area contributed by atoms with E-state index in [0.29, 0.717) is 12.2 Å². The van der Waals surface area contributed by atoms with Crippen LogP contribution in [0.5, 0.6) is 5.75 Å². The standard InChI is InChI=1S/C15H19NO3/c1-5-16-10(4)14(15(18)19-6-2)11-8-13(17)9(3)7-12(11)16/h7-8,17H,5-6H2,1-4H3. The number of benzene rings is 1. The van der Waals surface area contributed by atoms with E-state index in [1.165, 1.54) is 0 Å². The van der Waals surface area contributed by atoms with Crippen molar-refractivity contribution in [3.63, 3.8) is 0 Å². The second-order valence-electron chi connectivity index (χ2n) is 4.58. The second-order valence-corrected chi connectivity index (χ2v) is 4.58. The molecule has 0 bridgehead atoms. The maximum Gasteiger partial charge on any atom is 0.340 e. The van der Waals surface area contributed by atoms with Gasteiger partial charge in [0.2, 0.25) is 0 Å². The Labute approximate surface area is 112 Å². The number of nitrogens with zero attached hydrogens (tertiary/aromatic N) is 1. The van der Waals surface area contributed by atoms with Crippen LogP contribution in [0.2, 0.25) is 0 Å². The molecule has 1 heterocycles. The topological polar surface area (TPSA) is 51.5 Å². The number of carbonyl (C=O) groups is 1. The van der Waals surface area contributed by atoms with Crippen LogP contribution >= 0.6 is 0 Å². The van der Waals surface area contributed by atoms with E-state index in [1.54, 1.807) is 13.0 Å². The second kappa shape index (κ2) is 4.96. The highest BCUT2D eigenvalue weighted by molar-refractivity contribution is 6.06. The van der Waals surface area contributed by atoms with Crippen molar-refractivity contribution in [1.82, 2.24) is 4.57 Å². The average molecular weight is 261 g/mol. The number of aromatic hydroxyl groups is 1. The number of esters is 1. The van der Waals surface area contributed by atoms with Crippen molar-refractivity contribution in [2.75, 3.05) is 6.61 Å². The van der Waals surface area contributed by atoms with Gasteiger partial charge in [-0.1, -0.05) is 0 Å². The van der Waals surface area contributed by atoms with Crippen molar-refractivity contribution >= 4 is 16.9 Å². The number of phenols is 1. The van der Waals surface area contributed by atoms with E-state index in [4.69, 9.17) is 4.74 Å². The summed E-state index contributed by atoms with van der Waals surface area (Å²) in [5, 5.41) is 10.6. The fraction of sp³-hybridized carbons (Fsp3) is 0.400. The van der Waals surface area contributed by atoms with Crippen molar-refractivity contribution in [2.24, 2.45) is 0 Å². The Balaban J connectivity index is 2.79. The van der Waals surface area contributed by atoms with Crippen molar-refractivity contribution in [1.29, 1.82) is 0 Å². The molecule has 0 aliphatic rings. The van der Waals surface area contributed by atoms with Gasteiger partial charge in [-0.25, -0.2) is 4.79 Å². The predicted molar refractivity (Wildman–Crippen MR) is 74.7 cm³/mol. The molecule has 0 saturated heterocycles. The first-order chi connectivity index (χ1) is 9.01. The van der Waals surface area contributed by atoms with Gasteiger partial charge >= 0.3 is 5.97 Å². The molecule has 0 spiro atoms. The molecule has 0 unspecified atom stereocenters. The molecule has 1 N–H and O–H groups in total. The first-order valence-electron chi connectivity index (χ1n) is 6.50. The van der Waals surface area contributed by atoms with Crippen LogP contribution in [0.1, 0.15) is 35.5 Å². The summed E-state index contributed by atoms with van der Waals surface area (Å²) in [7, 11) is 0. The lowest BCUT2D eigenvalue weighted by Crippen LogP contribution is -2.07. The largest absolute Gasteiger partial charge is 0.508 e. The van der Waals surface area contributed by atoms with E-state index in [2.05, 4.69) is 4.57 Å². The van der Waals surface area contributed by atoms with Crippen LogP contribution in [0.15, 0.2) is 12.1 Å². The summed E-state index contributed by atoms with van der Waals surface area (Å²) in [6.07, 6.45) is 0. The SMILES string of the molecule is CCOC(=O)c1c(C)n(CC)c2cc(C)c(O)cc12. The first-order valence-corrected chi connectivity index (χ1v) is 6.50. The molecule has 0 aliphatic heterocycles. The molecule has 2 rings (SSSR count). The van der Waals surface area contributed by atoms with Crippen LogP contribution in [-0.2, 0) is 11.3 Å². The van der Waals surface area contributed by atoms with Crippen LogP contribution in [0.4, 0.5) is 0 Å². The Hall–Kier alpha value is -1.97. The molecule has 0 aliphatic carbocycles. The number of hydrogen-bond donors (Lipinski definition) is 1.